The van der Waals surface area contributed by atoms with Gasteiger partial charge >= 0.3 is 5.97 Å². The van der Waals surface area contributed by atoms with Crippen molar-refractivity contribution in [2.75, 3.05) is 13.2 Å². The summed E-state index contributed by atoms with van der Waals surface area (Å²) in [5, 5.41) is 23.3. The smallest absolute Gasteiger partial charge is 0.305 e. The number of carbonyl (C=O) groups excluding carboxylic acids is 2. The Kier molecular flexibility index (Phi) is 57.0. The highest BCUT2D eigenvalue weighted by Crippen LogP contribution is 2.18. The van der Waals surface area contributed by atoms with Gasteiger partial charge in [0.25, 0.3) is 0 Å². The second kappa shape index (κ2) is 58.2. The average Bonchev–Trinajstić information content (AvgIpc) is 3.34. The number of rotatable bonds is 58. The van der Waals surface area contributed by atoms with E-state index in [-0.39, 0.29) is 18.5 Å². The molecule has 0 aromatic rings. The number of hydrogen-bond donors (Lipinski definition) is 3. The summed E-state index contributed by atoms with van der Waals surface area (Å²) < 4.78 is 5.49. The number of aliphatic hydroxyl groups is 2. The number of unbranched alkanes of at least 4 members (excludes halogenated alkanes) is 45. The van der Waals surface area contributed by atoms with Gasteiger partial charge < -0.3 is 20.3 Å². The maximum atomic E-state index is 12.5. The monoisotopic (exact) mass is 960 g/mol. The average molecular weight is 961 g/mol. The predicted octanol–water partition coefficient (Wildman–Crippen LogP) is 19.2. The van der Waals surface area contributed by atoms with Crippen molar-refractivity contribution in [1.29, 1.82) is 0 Å². The van der Waals surface area contributed by atoms with Crippen molar-refractivity contribution in [1.82, 2.24) is 5.32 Å². The first-order valence-corrected chi connectivity index (χ1v) is 30.9. The van der Waals surface area contributed by atoms with Crippen LogP contribution in [0.15, 0.2) is 12.2 Å². The molecule has 2 atom stereocenters. The third-order valence-corrected chi connectivity index (χ3v) is 14.6. The van der Waals surface area contributed by atoms with Gasteiger partial charge in [0, 0.05) is 12.8 Å². The minimum absolute atomic E-state index is 0.00206. The summed E-state index contributed by atoms with van der Waals surface area (Å²) in [5.74, 6) is -0.0466. The van der Waals surface area contributed by atoms with E-state index in [4.69, 9.17) is 4.74 Å². The number of carbonyl (C=O) groups is 2. The lowest BCUT2D eigenvalue weighted by atomic mass is 10.0. The number of ether oxygens (including phenoxy) is 1. The molecule has 3 N–H and O–H groups in total. The van der Waals surface area contributed by atoms with E-state index in [1.54, 1.807) is 0 Å². The normalized spacial score (nSPS) is 12.6. The van der Waals surface area contributed by atoms with E-state index in [0.29, 0.717) is 25.9 Å². The molecular formula is C62H121NO5. The lowest BCUT2D eigenvalue weighted by Gasteiger charge is -2.22. The first-order valence-electron chi connectivity index (χ1n) is 30.9. The van der Waals surface area contributed by atoms with Crippen LogP contribution in [0, 0.1) is 0 Å². The highest BCUT2D eigenvalue weighted by Gasteiger charge is 2.20. The maximum Gasteiger partial charge on any atom is 0.305 e. The van der Waals surface area contributed by atoms with E-state index < -0.39 is 12.1 Å². The van der Waals surface area contributed by atoms with Crippen molar-refractivity contribution < 1.29 is 24.5 Å². The first kappa shape index (κ1) is 66.6. The Morgan fingerprint density at radius 2 is 0.691 bits per heavy atom. The van der Waals surface area contributed by atoms with Crippen LogP contribution in [-0.4, -0.2) is 47.4 Å². The van der Waals surface area contributed by atoms with Crippen LogP contribution >= 0.6 is 0 Å². The minimum Gasteiger partial charge on any atom is -0.466 e. The summed E-state index contributed by atoms with van der Waals surface area (Å²) in [6, 6.07) is -0.553. The third kappa shape index (κ3) is 53.9. The largest absolute Gasteiger partial charge is 0.466 e. The molecule has 0 heterocycles. The van der Waals surface area contributed by atoms with Crippen LogP contribution in [0.3, 0.4) is 0 Å². The van der Waals surface area contributed by atoms with Gasteiger partial charge in [-0.15, -0.1) is 0 Å². The quantitative estimate of drug-likeness (QED) is 0.0321. The van der Waals surface area contributed by atoms with Gasteiger partial charge in [0.2, 0.25) is 5.91 Å². The van der Waals surface area contributed by atoms with Gasteiger partial charge in [-0.2, -0.15) is 0 Å². The van der Waals surface area contributed by atoms with Gasteiger partial charge in [-0.25, -0.2) is 0 Å². The number of aliphatic hydroxyl groups excluding tert-OH is 2. The van der Waals surface area contributed by atoms with E-state index in [2.05, 4.69) is 31.3 Å². The third-order valence-electron chi connectivity index (χ3n) is 14.6. The molecule has 68 heavy (non-hydrogen) atoms. The van der Waals surface area contributed by atoms with Crippen LogP contribution in [0.25, 0.3) is 0 Å². The lowest BCUT2D eigenvalue weighted by Crippen LogP contribution is -2.45. The van der Waals surface area contributed by atoms with Gasteiger partial charge in [0.15, 0.2) is 0 Å². The molecule has 0 bridgehead atoms. The number of allylic oxidation sites excluding steroid dienone is 2. The Bertz CT molecular complexity index is 1020. The van der Waals surface area contributed by atoms with E-state index >= 15 is 0 Å². The van der Waals surface area contributed by atoms with Gasteiger partial charge in [-0.1, -0.05) is 296 Å². The predicted molar refractivity (Wildman–Crippen MR) is 297 cm³/mol. The van der Waals surface area contributed by atoms with Crippen molar-refractivity contribution in [3.05, 3.63) is 12.2 Å². The summed E-state index contributed by atoms with van der Waals surface area (Å²) in [5.41, 5.74) is 0. The standard InChI is InChI=1S/C62H121NO5/c1-3-5-7-9-11-13-15-17-19-21-23-26-30-34-38-42-46-50-54-60(65)59(58-64)63-61(66)55-51-47-43-39-35-31-27-24-25-29-33-37-41-45-49-53-57-68-62(67)56-52-48-44-40-36-32-28-22-20-18-16-14-12-10-8-6-4-2/h24,27,59-60,64-65H,3-23,25-26,28-58H2,1-2H3,(H,63,66)/b27-24-. The number of nitrogens with one attached hydrogen (secondary N) is 1. The summed E-state index contributed by atoms with van der Waals surface area (Å²) >= 11 is 0. The summed E-state index contributed by atoms with van der Waals surface area (Å²) in [6.07, 6.45) is 69.3. The fraction of sp³-hybridized carbons (Fsp3) is 0.935. The Hall–Kier alpha value is -1.40. The molecule has 0 saturated heterocycles. The fourth-order valence-corrected chi connectivity index (χ4v) is 9.81. The van der Waals surface area contributed by atoms with Gasteiger partial charge in [0.05, 0.1) is 25.4 Å². The molecule has 0 aromatic heterocycles. The van der Waals surface area contributed by atoms with Crippen LogP contribution in [0.1, 0.15) is 348 Å². The molecule has 0 spiro atoms. The van der Waals surface area contributed by atoms with Gasteiger partial charge in [-0.3, -0.25) is 9.59 Å². The second-order valence-electron chi connectivity index (χ2n) is 21.4. The van der Waals surface area contributed by atoms with Crippen molar-refractivity contribution in [3.8, 4) is 0 Å². The Labute approximate surface area is 425 Å². The van der Waals surface area contributed by atoms with Crippen LogP contribution in [0.5, 0.6) is 0 Å². The number of hydrogen-bond acceptors (Lipinski definition) is 5. The maximum absolute atomic E-state index is 12.5. The molecule has 0 aliphatic carbocycles. The molecule has 0 rings (SSSR count). The summed E-state index contributed by atoms with van der Waals surface area (Å²) in [4.78, 5) is 24.6. The molecule has 404 valence electrons. The Morgan fingerprint density at radius 3 is 1.04 bits per heavy atom. The second-order valence-corrected chi connectivity index (χ2v) is 21.4. The van der Waals surface area contributed by atoms with Crippen molar-refractivity contribution in [3.63, 3.8) is 0 Å². The number of amides is 1. The Morgan fingerprint density at radius 1 is 0.397 bits per heavy atom. The molecule has 6 nitrogen and oxygen atoms in total. The van der Waals surface area contributed by atoms with Crippen LogP contribution in [0.4, 0.5) is 0 Å². The van der Waals surface area contributed by atoms with Crippen LogP contribution < -0.4 is 5.32 Å². The van der Waals surface area contributed by atoms with Gasteiger partial charge in [0.1, 0.15) is 0 Å². The fourth-order valence-electron chi connectivity index (χ4n) is 9.81. The topological polar surface area (TPSA) is 95.9 Å². The Balaban J connectivity index is 3.44. The molecule has 0 aliphatic rings. The van der Waals surface area contributed by atoms with Crippen molar-refractivity contribution in [2.24, 2.45) is 0 Å². The zero-order chi connectivity index (χ0) is 49.3. The minimum atomic E-state index is -0.674. The zero-order valence-electron chi connectivity index (χ0n) is 46.1. The first-order chi connectivity index (χ1) is 33.5. The molecule has 0 fully saturated rings. The summed E-state index contributed by atoms with van der Waals surface area (Å²) in [7, 11) is 0. The molecule has 0 aliphatic heterocycles. The van der Waals surface area contributed by atoms with Gasteiger partial charge in [-0.05, 0) is 51.4 Å². The lowest BCUT2D eigenvalue weighted by molar-refractivity contribution is -0.143. The SMILES string of the molecule is CCCCCCCCCCCCCCCCCCCCC(O)C(CO)NC(=O)CCCCCCC/C=C\CCCCCCCCCOC(=O)CCCCCCCCCCCCCCCCCCC. The van der Waals surface area contributed by atoms with E-state index in [1.807, 2.05) is 0 Å². The molecule has 2 unspecified atom stereocenters. The highest BCUT2D eigenvalue weighted by molar-refractivity contribution is 5.76. The van der Waals surface area contributed by atoms with E-state index in [1.165, 1.54) is 250 Å². The molecule has 0 aromatic carbocycles. The highest BCUT2D eigenvalue weighted by atomic mass is 16.5. The van der Waals surface area contributed by atoms with Crippen molar-refractivity contribution in [2.45, 2.75) is 360 Å². The van der Waals surface area contributed by atoms with E-state index in [0.717, 1.165) is 64.2 Å². The van der Waals surface area contributed by atoms with Crippen molar-refractivity contribution >= 4 is 11.9 Å². The molecule has 0 saturated carbocycles. The molecule has 0 radical (unpaired) electrons. The molecular weight excluding hydrogens is 839 g/mol. The summed E-state index contributed by atoms with van der Waals surface area (Å²) in [6.45, 7) is 4.96. The number of esters is 1. The van der Waals surface area contributed by atoms with Crippen LogP contribution in [-0.2, 0) is 14.3 Å². The zero-order valence-corrected chi connectivity index (χ0v) is 46.1. The molecule has 6 heteroatoms. The van der Waals surface area contributed by atoms with Crippen LogP contribution in [0.2, 0.25) is 0 Å². The molecule has 1 amide bonds. The van der Waals surface area contributed by atoms with E-state index in [9.17, 15) is 19.8 Å².